The standard InChI is InChI=1S/C43H70N4O8/c1-9-37-34(27-46(8)26-32-14-13-18-44-25-32)22-28(2)15-16-35(48)29(3)23-33(17-21-47-19-11-10-12-20-47)42(30(4)36(49)24-38(50)54-37)55-43-41(52)39(45(6)7)40(51)31(5)53-43/h13-16,18,22,25,29-31,33-34,36-37,39-43,49,51-52H,9-12,17,19-21,23-24,26-27H2,1-8H3/b16-15-,28-22+/t29?,30?,31-,33?,34?,36?,37?,39+,40-,41-,42?,43+/m1/s1. The molecule has 12 nitrogen and oxygen atoms in total. The normalized spacial score (nSPS) is 36.7. The molecular weight excluding hydrogens is 700 g/mol. The van der Waals surface area contributed by atoms with Crippen molar-refractivity contribution in [2.75, 3.05) is 47.3 Å². The number of ether oxygens (including phenoxy) is 3. The fraction of sp³-hybridized carbons (Fsp3) is 0.744. The fourth-order valence-electron chi connectivity index (χ4n) is 8.62. The summed E-state index contributed by atoms with van der Waals surface area (Å²) >= 11 is 0. The number of likely N-dealkylation sites (N-methyl/N-ethyl adjacent to an activating group) is 1. The SMILES string of the molecule is CCC1OC(=O)CC(O)C(C)C(O[C@@H]2O[C@H](C)[C@@H](O)[C@H](N(C)C)[C@H]2O)C(CCN2CCCCC2)CC(C)C(=O)/C=C\C(C)=C\C1CN(C)Cc1cccnc1. The first-order chi connectivity index (χ1) is 26.2. The van der Waals surface area contributed by atoms with Crippen molar-refractivity contribution in [3.8, 4) is 0 Å². The molecule has 3 N–H and O–H groups in total. The van der Waals surface area contributed by atoms with E-state index in [4.69, 9.17) is 14.2 Å². The van der Waals surface area contributed by atoms with Crippen molar-refractivity contribution in [2.24, 2.45) is 23.7 Å². The lowest BCUT2D eigenvalue weighted by atomic mass is 9.79. The average Bonchev–Trinajstić information content (AvgIpc) is 3.15. The number of piperidine rings is 1. The average molecular weight is 771 g/mol. The smallest absolute Gasteiger partial charge is 0.308 e. The van der Waals surface area contributed by atoms with E-state index in [9.17, 15) is 24.9 Å². The minimum Gasteiger partial charge on any atom is -0.462 e. The Labute approximate surface area is 329 Å². The Bertz CT molecular complexity index is 1390. The third kappa shape index (κ3) is 13.2. The summed E-state index contributed by atoms with van der Waals surface area (Å²) in [5.41, 5.74) is 1.97. The summed E-state index contributed by atoms with van der Waals surface area (Å²) in [6.45, 7) is 13.6. The van der Waals surface area contributed by atoms with Gasteiger partial charge in [0.2, 0.25) is 0 Å². The van der Waals surface area contributed by atoms with Crippen molar-refractivity contribution in [1.29, 1.82) is 0 Å². The molecule has 3 aliphatic heterocycles. The molecule has 55 heavy (non-hydrogen) atoms. The van der Waals surface area contributed by atoms with Crippen molar-refractivity contribution < 1.29 is 39.1 Å². The summed E-state index contributed by atoms with van der Waals surface area (Å²) in [6.07, 6.45) is 8.01. The van der Waals surface area contributed by atoms with Crippen LogP contribution in [0.25, 0.3) is 0 Å². The molecule has 0 aromatic carbocycles. The summed E-state index contributed by atoms with van der Waals surface area (Å²) in [5, 5.41) is 34.3. The Morgan fingerprint density at radius 2 is 1.75 bits per heavy atom. The van der Waals surface area contributed by atoms with E-state index >= 15 is 0 Å². The summed E-state index contributed by atoms with van der Waals surface area (Å²) < 4.78 is 19.1. The van der Waals surface area contributed by atoms with E-state index in [1.165, 1.54) is 6.42 Å². The van der Waals surface area contributed by atoms with Gasteiger partial charge in [-0.15, -0.1) is 0 Å². The van der Waals surface area contributed by atoms with Crippen molar-refractivity contribution in [1.82, 2.24) is 19.7 Å². The number of carbonyl (C=O) groups is 2. The second-order valence-electron chi connectivity index (χ2n) is 16.8. The fourth-order valence-corrected chi connectivity index (χ4v) is 8.62. The molecule has 0 spiro atoms. The van der Waals surface area contributed by atoms with E-state index in [2.05, 4.69) is 20.9 Å². The van der Waals surface area contributed by atoms with Gasteiger partial charge in [0.1, 0.15) is 12.2 Å². The number of rotatable bonds is 11. The molecule has 2 fully saturated rings. The number of aliphatic hydroxyl groups excluding tert-OH is 3. The largest absolute Gasteiger partial charge is 0.462 e. The molecule has 3 aliphatic rings. The zero-order chi connectivity index (χ0) is 40.2. The lowest BCUT2D eigenvalue weighted by Gasteiger charge is -2.47. The number of allylic oxidation sites excluding steroid dienone is 3. The van der Waals surface area contributed by atoms with Gasteiger partial charge in [0.05, 0.1) is 36.9 Å². The second-order valence-corrected chi connectivity index (χ2v) is 16.8. The Balaban J connectivity index is 1.67. The Kier molecular flexibility index (Phi) is 17.9. The molecule has 0 bridgehead atoms. The first-order valence-corrected chi connectivity index (χ1v) is 20.6. The number of hydrogen-bond acceptors (Lipinski definition) is 12. The second kappa shape index (κ2) is 21.8. The molecule has 12 heteroatoms. The van der Waals surface area contributed by atoms with E-state index in [1.54, 1.807) is 38.2 Å². The number of cyclic esters (lactones) is 1. The van der Waals surface area contributed by atoms with E-state index in [-0.39, 0.29) is 30.0 Å². The summed E-state index contributed by atoms with van der Waals surface area (Å²) in [7, 11) is 5.61. The number of pyridine rings is 1. The quantitative estimate of drug-likeness (QED) is 0.277. The van der Waals surface area contributed by atoms with Crippen LogP contribution in [0.15, 0.2) is 48.3 Å². The first kappa shape index (κ1) is 45.2. The van der Waals surface area contributed by atoms with Crippen LogP contribution in [0.1, 0.15) is 85.1 Å². The van der Waals surface area contributed by atoms with Gasteiger partial charge in [-0.1, -0.05) is 51.0 Å². The minimum atomic E-state index is -1.19. The molecule has 4 rings (SSSR count). The van der Waals surface area contributed by atoms with Crippen LogP contribution in [-0.2, 0) is 30.3 Å². The van der Waals surface area contributed by atoms with Gasteiger partial charge in [0, 0.05) is 43.2 Å². The Hall–Kier alpha value is -2.55. The van der Waals surface area contributed by atoms with Gasteiger partial charge in [0.15, 0.2) is 12.1 Å². The Morgan fingerprint density at radius 3 is 2.40 bits per heavy atom. The van der Waals surface area contributed by atoms with Crippen LogP contribution in [0, 0.1) is 23.7 Å². The third-order valence-corrected chi connectivity index (χ3v) is 11.9. The van der Waals surface area contributed by atoms with E-state index < -0.39 is 60.8 Å². The van der Waals surface area contributed by atoms with Gasteiger partial charge in [-0.3, -0.25) is 14.6 Å². The molecule has 0 amide bonds. The highest BCUT2D eigenvalue weighted by molar-refractivity contribution is 5.91. The Morgan fingerprint density at radius 1 is 1.02 bits per heavy atom. The highest BCUT2D eigenvalue weighted by atomic mass is 16.7. The number of ketones is 1. The van der Waals surface area contributed by atoms with E-state index in [0.717, 1.165) is 43.6 Å². The molecule has 2 saturated heterocycles. The monoisotopic (exact) mass is 771 g/mol. The molecule has 4 heterocycles. The number of carbonyl (C=O) groups excluding carboxylic acids is 2. The van der Waals surface area contributed by atoms with Gasteiger partial charge in [-0.25, -0.2) is 0 Å². The maximum atomic E-state index is 13.8. The van der Waals surface area contributed by atoms with Crippen LogP contribution < -0.4 is 0 Å². The van der Waals surface area contributed by atoms with Gasteiger partial charge in [-0.2, -0.15) is 0 Å². The number of esters is 1. The predicted octanol–water partition coefficient (Wildman–Crippen LogP) is 4.22. The highest BCUT2D eigenvalue weighted by Crippen LogP contribution is 2.35. The third-order valence-electron chi connectivity index (χ3n) is 11.9. The topological polar surface area (TPSA) is 145 Å². The van der Waals surface area contributed by atoms with Crippen LogP contribution in [-0.4, -0.2) is 143 Å². The lowest BCUT2D eigenvalue weighted by molar-refractivity contribution is -0.304. The first-order valence-electron chi connectivity index (χ1n) is 20.6. The van der Waals surface area contributed by atoms with Crippen molar-refractivity contribution in [3.05, 3.63) is 53.9 Å². The van der Waals surface area contributed by atoms with Gasteiger partial charge in [0.25, 0.3) is 0 Å². The van der Waals surface area contributed by atoms with Gasteiger partial charge in [-0.05, 0) is 110 Å². The number of nitrogens with zero attached hydrogens (tertiary/aromatic N) is 4. The van der Waals surface area contributed by atoms with Gasteiger partial charge >= 0.3 is 5.97 Å². The van der Waals surface area contributed by atoms with E-state index in [0.29, 0.717) is 32.4 Å². The predicted molar refractivity (Wildman–Crippen MR) is 213 cm³/mol. The molecule has 12 atom stereocenters. The maximum Gasteiger partial charge on any atom is 0.308 e. The van der Waals surface area contributed by atoms with Crippen LogP contribution >= 0.6 is 0 Å². The molecular formula is C43H70N4O8. The van der Waals surface area contributed by atoms with E-state index in [1.807, 2.05) is 59.1 Å². The summed E-state index contributed by atoms with van der Waals surface area (Å²) in [5.74, 6) is -1.86. The van der Waals surface area contributed by atoms with Crippen molar-refractivity contribution in [2.45, 2.75) is 135 Å². The zero-order valence-corrected chi connectivity index (χ0v) is 34.6. The van der Waals surface area contributed by atoms with Crippen LogP contribution in [0.3, 0.4) is 0 Å². The van der Waals surface area contributed by atoms with Gasteiger partial charge < -0.3 is 44.2 Å². The molecule has 1 aromatic heterocycles. The zero-order valence-electron chi connectivity index (χ0n) is 34.6. The minimum absolute atomic E-state index is 0.00292. The molecule has 1 aromatic rings. The molecule has 0 saturated carbocycles. The van der Waals surface area contributed by atoms with Crippen LogP contribution in [0.2, 0.25) is 0 Å². The molecule has 0 radical (unpaired) electrons. The number of likely N-dealkylation sites (tertiary alicyclic amines) is 1. The van der Waals surface area contributed by atoms with Crippen LogP contribution in [0.4, 0.5) is 0 Å². The summed E-state index contributed by atoms with van der Waals surface area (Å²) in [4.78, 5) is 38.2. The lowest BCUT2D eigenvalue weighted by Crippen LogP contribution is -2.63. The maximum absolute atomic E-state index is 13.8. The molecule has 7 unspecified atom stereocenters. The highest BCUT2D eigenvalue weighted by Gasteiger charge is 2.47. The molecule has 310 valence electrons. The van der Waals surface area contributed by atoms with Crippen molar-refractivity contribution in [3.63, 3.8) is 0 Å². The number of hydrogen-bond donors (Lipinski definition) is 3. The number of aromatic nitrogens is 1. The number of aliphatic hydroxyl groups is 3. The van der Waals surface area contributed by atoms with Crippen molar-refractivity contribution >= 4 is 11.8 Å². The van der Waals surface area contributed by atoms with Crippen LogP contribution in [0.5, 0.6) is 0 Å². The summed E-state index contributed by atoms with van der Waals surface area (Å²) in [6, 6.07) is 3.29. The molecule has 0 aliphatic carbocycles.